The summed E-state index contributed by atoms with van der Waals surface area (Å²) in [7, 11) is 0. The SMILES string of the molecule is NC(=O)Cc1ccc(Nc2ncnc3[nH]ncc23)cc1. The number of nitrogens with zero attached hydrogens (tertiary/aromatic N) is 3. The number of carbonyl (C=O) groups is 1. The molecule has 3 aromatic rings. The molecule has 20 heavy (non-hydrogen) atoms. The number of nitrogens with one attached hydrogen (secondary N) is 2. The minimum atomic E-state index is -0.346. The number of hydrogen-bond acceptors (Lipinski definition) is 5. The Labute approximate surface area is 114 Å². The molecule has 0 saturated heterocycles. The molecule has 0 bridgehead atoms. The zero-order chi connectivity index (χ0) is 13.9. The first-order valence-corrected chi connectivity index (χ1v) is 6.01. The molecule has 0 radical (unpaired) electrons. The van der Waals surface area contributed by atoms with Crippen LogP contribution in [0.5, 0.6) is 0 Å². The van der Waals surface area contributed by atoms with Crippen molar-refractivity contribution in [2.45, 2.75) is 6.42 Å². The van der Waals surface area contributed by atoms with Crippen LogP contribution < -0.4 is 11.1 Å². The molecule has 1 aromatic carbocycles. The molecular weight excluding hydrogens is 256 g/mol. The van der Waals surface area contributed by atoms with Gasteiger partial charge < -0.3 is 11.1 Å². The van der Waals surface area contributed by atoms with Gasteiger partial charge in [0.25, 0.3) is 0 Å². The number of anilines is 2. The minimum absolute atomic E-state index is 0.236. The average molecular weight is 268 g/mol. The zero-order valence-corrected chi connectivity index (χ0v) is 10.5. The second-order valence-electron chi connectivity index (χ2n) is 4.32. The maximum atomic E-state index is 10.8. The first-order valence-electron chi connectivity index (χ1n) is 6.01. The number of aromatic amines is 1. The number of rotatable bonds is 4. The van der Waals surface area contributed by atoms with E-state index in [2.05, 4.69) is 25.5 Å². The van der Waals surface area contributed by atoms with Gasteiger partial charge in [0, 0.05) is 5.69 Å². The normalized spacial score (nSPS) is 10.6. The molecule has 0 aliphatic rings. The monoisotopic (exact) mass is 268 g/mol. The molecule has 7 heteroatoms. The van der Waals surface area contributed by atoms with Crippen molar-refractivity contribution in [1.82, 2.24) is 20.2 Å². The van der Waals surface area contributed by atoms with Crippen LogP contribution in [0.15, 0.2) is 36.8 Å². The minimum Gasteiger partial charge on any atom is -0.369 e. The summed E-state index contributed by atoms with van der Waals surface area (Å²) in [5, 5.41) is 10.7. The molecule has 0 unspecified atom stereocenters. The van der Waals surface area contributed by atoms with Crippen molar-refractivity contribution in [2.75, 3.05) is 5.32 Å². The van der Waals surface area contributed by atoms with E-state index < -0.39 is 0 Å². The van der Waals surface area contributed by atoms with Crippen molar-refractivity contribution in [1.29, 1.82) is 0 Å². The Kier molecular flexibility index (Phi) is 3.00. The predicted octanol–water partition coefficient (Wildman–Crippen LogP) is 1.12. The standard InChI is InChI=1S/C13H12N6O/c14-11(20)5-8-1-3-9(4-2-8)18-12-10-6-17-19-13(10)16-7-15-12/h1-4,6-7H,5H2,(H2,14,20)(H2,15,16,17,18,19). The molecule has 1 amide bonds. The summed E-state index contributed by atoms with van der Waals surface area (Å²) in [5.41, 5.74) is 7.56. The van der Waals surface area contributed by atoms with Gasteiger partial charge in [-0.1, -0.05) is 12.1 Å². The Morgan fingerprint density at radius 2 is 2.05 bits per heavy atom. The first kappa shape index (κ1) is 12.1. The number of benzene rings is 1. The number of fused-ring (bicyclic) bond motifs is 1. The second kappa shape index (κ2) is 4.96. The number of amides is 1. The fourth-order valence-corrected chi connectivity index (χ4v) is 1.91. The summed E-state index contributed by atoms with van der Waals surface area (Å²) in [6.07, 6.45) is 3.36. The molecular formula is C13H12N6O. The van der Waals surface area contributed by atoms with Gasteiger partial charge in [0.2, 0.25) is 5.91 Å². The van der Waals surface area contributed by atoms with E-state index in [-0.39, 0.29) is 12.3 Å². The highest BCUT2D eigenvalue weighted by Gasteiger charge is 2.05. The van der Waals surface area contributed by atoms with Crippen LogP contribution in [-0.4, -0.2) is 26.1 Å². The van der Waals surface area contributed by atoms with E-state index in [1.807, 2.05) is 24.3 Å². The van der Waals surface area contributed by atoms with Gasteiger partial charge in [-0.15, -0.1) is 0 Å². The third kappa shape index (κ3) is 2.41. The molecule has 100 valence electrons. The largest absolute Gasteiger partial charge is 0.369 e. The van der Waals surface area contributed by atoms with Crippen LogP contribution in [0.1, 0.15) is 5.56 Å². The molecule has 3 rings (SSSR count). The summed E-state index contributed by atoms with van der Waals surface area (Å²) >= 11 is 0. The molecule has 0 atom stereocenters. The molecule has 2 aromatic heterocycles. The van der Waals surface area contributed by atoms with Gasteiger partial charge >= 0.3 is 0 Å². The van der Waals surface area contributed by atoms with Gasteiger partial charge in [0.15, 0.2) is 5.65 Å². The predicted molar refractivity (Wildman–Crippen MR) is 74.3 cm³/mol. The van der Waals surface area contributed by atoms with Gasteiger partial charge in [-0.25, -0.2) is 9.97 Å². The Hall–Kier alpha value is -2.96. The Bertz CT molecular complexity index is 749. The highest BCUT2D eigenvalue weighted by molar-refractivity contribution is 5.87. The fraction of sp³-hybridized carbons (Fsp3) is 0.0769. The molecule has 0 fully saturated rings. The van der Waals surface area contributed by atoms with Crippen LogP contribution in [0.2, 0.25) is 0 Å². The van der Waals surface area contributed by atoms with Crippen molar-refractivity contribution in [3.05, 3.63) is 42.4 Å². The second-order valence-corrected chi connectivity index (χ2v) is 4.32. The van der Waals surface area contributed by atoms with E-state index in [1.165, 1.54) is 6.33 Å². The highest BCUT2D eigenvalue weighted by Crippen LogP contribution is 2.21. The molecule has 4 N–H and O–H groups in total. The van der Waals surface area contributed by atoms with Crippen molar-refractivity contribution in [2.24, 2.45) is 5.73 Å². The smallest absolute Gasteiger partial charge is 0.221 e. The van der Waals surface area contributed by atoms with Crippen LogP contribution in [0, 0.1) is 0 Å². The maximum Gasteiger partial charge on any atom is 0.221 e. The molecule has 2 heterocycles. The van der Waals surface area contributed by atoms with E-state index in [4.69, 9.17) is 5.73 Å². The molecule has 0 aliphatic carbocycles. The number of H-pyrrole nitrogens is 1. The van der Waals surface area contributed by atoms with Crippen LogP contribution >= 0.6 is 0 Å². The quantitative estimate of drug-likeness (QED) is 0.657. The third-order valence-electron chi connectivity index (χ3n) is 2.84. The lowest BCUT2D eigenvalue weighted by atomic mass is 10.1. The van der Waals surface area contributed by atoms with E-state index in [1.54, 1.807) is 6.20 Å². The summed E-state index contributed by atoms with van der Waals surface area (Å²) in [6, 6.07) is 7.43. The lowest BCUT2D eigenvalue weighted by Crippen LogP contribution is -2.13. The third-order valence-corrected chi connectivity index (χ3v) is 2.84. The Balaban J connectivity index is 1.84. The van der Waals surface area contributed by atoms with E-state index >= 15 is 0 Å². The summed E-state index contributed by atoms with van der Waals surface area (Å²) in [6.45, 7) is 0. The van der Waals surface area contributed by atoms with Crippen molar-refractivity contribution >= 4 is 28.4 Å². The van der Waals surface area contributed by atoms with Gasteiger partial charge in [0.05, 0.1) is 18.0 Å². The number of primary amides is 1. The lowest BCUT2D eigenvalue weighted by molar-refractivity contribution is -0.117. The number of carbonyl (C=O) groups excluding carboxylic acids is 1. The number of aromatic nitrogens is 4. The van der Waals surface area contributed by atoms with Crippen LogP contribution in [0.3, 0.4) is 0 Å². The maximum absolute atomic E-state index is 10.8. The summed E-state index contributed by atoms with van der Waals surface area (Å²) in [5.74, 6) is 0.327. The fourth-order valence-electron chi connectivity index (χ4n) is 1.91. The van der Waals surface area contributed by atoms with Crippen LogP contribution in [-0.2, 0) is 11.2 Å². The van der Waals surface area contributed by atoms with Crippen LogP contribution in [0.4, 0.5) is 11.5 Å². The van der Waals surface area contributed by atoms with Gasteiger partial charge in [0.1, 0.15) is 12.1 Å². The summed E-state index contributed by atoms with van der Waals surface area (Å²) < 4.78 is 0. The summed E-state index contributed by atoms with van der Waals surface area (Å²) in [4.78, 5) is 19.1. The first-order chi connectivity index (χ1) is 9.72. The van der Waals surface area contributed by atoms with Crippen molar-refractivity contribution in [3.63, 3.8) is 0 Å². The topological polar surface area (TPSA) is 110 Å². The average Bonchev–Trinajstić information content (AvgIpc) is 2.90. The molecule has 0 aliphatic heterocycles. The van der Waals surface area contributed by atoms with Crippen LogP contribution in [0.25, 0.3) is 11.0 Å². The van der Waals surface area contributed by atoms with E-state index in [0.29, 0.717) is 11.5 Å². The van der Waals surface area contributed by atoms with Crippen molar-refractivity contribution < 1.29 is 4.79 Å². The Morgan fingerprint density at radius 3 is 2.80 bits per heavy atom. The van der Waals surface area contributed by atoms with Gasteiger partial charge in [-0.05, 0) is 17.7 Å². The van der Waals surface area contributed by atoms with Gasteiger partial charge in [-0.3, -0.25) is 9.89 Å². The zero-order valence-electron chi connectivity index (χ0n) is 10.5. The lowest BCUT2D eigenvalue weighted by Gasteiger charge is -2.06. The Morgan fingerprint density at radius 1 is 1.25 bits per heavy atom. The highest BCUT2D eigenvalue weighted by atomic mass is 16.1. The number of hydrogen-bond donors (Lipinski definition) is 3. The molecule has 0 spiro atoms. The molecule has 0 saturated carbocycles. The van der Waals surface area contributed by atoms with Gasteiger partial charge in [-0.2, -0.15) is 5.10 Å². The molecule has 7 nitrogen and oxygen atoms in total. The number of nitrogens with two attached hydrogens (primary N) is 1. The van der Waals surface area contributed by atoms with Crippen molar-refractivity contribution in [3.8, 4) is 0 Å². The van der Waals surface area contributed by atoms with E-state index in [0.717, 1.165) is 16.6 Å². The van der Waals surface area contributed by atoms with E-state index in [9.17, 15) is 4.79 Å².